The molecule has 1 aromatic heterocycles. The number of aromatic nitrogens is 1. The van der Waals surface area contributed by atoms with Gasteiger partial charge in [-0.05, 0) is 12.1 Å². The van der Waals surface area contributed by atoms with E-state index in [4.69, 9.17) is 19.6 Å². The molecule has 2 heterocycles. The molecule has 6 nitrogen and oxygen atoms in total. The maximum Gasteiger partial charge on any atom is 0.417 e. The van der Waals surface area contributed by atoms with Gasteiger partial charge in [0.1, 0.15) is 12.7 Å². The van der Waals surface area contributed by atoms with Crippen LogP contribution in [0.4, 0.5) is 0 Å². The molecule has 0 saturated carbocycles. The second kappa shape index (κ2) is 3.28. The molecule has 1 aliphatic rings. The van der Waals surface area contributed by atoms with E-state index in [9.17, 15) is 4.79 Å². The molecule has 2 aromatic rings. The number of rotatable bonds is 1. The third-order valence-electron chi connectivity index (χ3n) is 2.48. The highest BCUT2D eigenvalue weighted by atomic mass is 16.6. The van der Waals surface area contributed by atoms with Gasteiger partial charge in [0.25, 0.3) is 0 Å². The largest absolute Gasteiger partial charge is 0.486 e. The summed E-state index contributed by atoms with van der Waals surface area (Å²) in [6, 6.07) is 3.45. The maximum absolute atomic E-state index is 11.1. The van der Waals surface area contributed by atoms with Crippen LogP contribution in [0.1, 0.15) is 0 Å². The van der Waals surface area contributed by atoms with Gasteiger partial charge in [0.15, 0.2) is 5.75 Å². The van der Waals surface area contributed by atoms with Crippen LogP contribution in [0.2, 0.25) is 0 Å². The number of aromatic amines is 1. The molecule has 0 fully saturated rings. The van der Waals surface area contributed by atoms with Gasteiger partial charge in [-0.25, -0.2) is 4.79 Å². The van der Waals surface area contributed by atoms with E-state index in [0.29, 0.717) is 35.8 Å². The third kappa shape index (κ3) is 1.27. The lowest BCUT2D eigenvalue weighted by molar-refractivity contribution is 0.0974. The van der Waals surface area contributed by atoms with Crippen LogP contribution < -0.4 is 21.0 Å². The van der Waals surface area contributed by atoms with Crippen molar-refractivity contribution in [2.24, 2.45) is 5.73 Å². The molecule has 0 amide bonds. The molecule has 0 saturated heterocycles. The summed E-state index contributed by atoms with van der Waals surface area (Å²) in [5.41, 5.74) is 6.47. The maximum atomic E-state index is 11.1. The highest BCUT2D eigenvalue weighted by Crippen LogP contribution is 2.37. The van der Waals surface area contributed by atoms with E-state index in [1.807, 2.05) is 0 Å². The van der Waals surface area contributed by atoms with Gasteiger partial charge in [0, 0.05) is 6.54 Å². The van der Waals surface area contributed by atoms with Gasteiger partial charge in [-0.15, -0.1) is 0 Å². The molecule has 0 bridgehead atoms. The van der Waals surface area contributed by atoms with E-state index in [0.717, 1.165) is 0 Å². The van der Waals surface area contributed by atoms with Crippen LogP contribution in [0.25, 0.3) is 11.1 Å². The SMILES string of the molecule is NCC1COc2ccc3[nH]c(=O)oc3c2O1. The standard InChI is InChI=1S/C10H10N2O4/c11-3-5-4-14-7-2-1-6-8(9(7)15-5)16-10(13)12-6/h1-2,5H,3-4,11H2,(H,12,13). The van der Waals surface area contributed by atoms with Crippen LogP contribution in [-0.2, 0) is 0 Å². The first-order valence-electron chi connectivity index (χ1n) is 4.93. The van der Waals surface area contributed by atoms with Crippen molar-refractivity contribution < 1.29 is 13.9 Å². The number of oxazole rings is 1. The second-order valence-corrected chi connectivity index (χ2v) is 3.57. The van der Waals surface area contributed by atoms with Crippen molar-refractivity contribution in [1.82, 2.24) is 4.98 Å². The molecule has 0 radical (unpaired) electrons. The van der Waals surface area contributed by atoms with Gasteiger partial charge in [-0.3, -0.25) is 4.98 Å². The molecule has 0 spiro atoms. The average molecular weight is 222 g/mol. The predicted molar refractivity (Wildman–Crippen MR) is 55.8 cm³/mol. The summed E-state index contributed by atoms with van der Waals surface area (Å²) in [4.78, 5) is 13.6. The lowest BCUT2D eigenvalue weighted by Crippen LogP contribution is -2.35. The van der Waals surface area contributed by atoms with E-state index in [2.05, 4.69) is 4.98 Å². The van der Waals surface area contributed by atoms with Gasteiger partial charge < -0.3 is 19.6 Å². The number of ether oxygens (including phenoxy) is 2. The van der Waals surface area contributed by atoms with Gasteiger partial charge in [0.2, 0.25) is 11.3 Å². The number of H-pyrrole nitrogens is 1. The zero-order chi connectivity index (χ0) is 11.1. The minimum Gasteiger partial charge on any atom is -0.486 e. The molecule has 1 aliphatic heterocycles. The number of nitrogens with two attached hydrogens (primary N) is 1. The second-order valence-electron chi connectivity index (χ2n) is 3.57. The number of hydrogen-bond donors (Lipinski definition) is 2. The summed E-state index contributed by atoms with van der Waals surface area (Å²) >= 11 is 0. The smallest absolute Gasteiger partial charge is 0.417 e. The Balaban J connectivity index is 2.20. The fourth-order valence-corrected chi connectivity index (χ4v) is 1.70. The summed E-state index contributed by atoms with van der Waals surface area (Å²) in [5, 5.41) is 0. The number of hydrogen-bond acceptors (Lipinski definition) is 5. The lowest BCUT2D eigenvalue weighted by atomic mass is 10.2. The number of nitrogens with one attached hydrogen (secondary N) is 1. The predicted octanol–water partition coefficient (Wildman–Crippen LogP) is 0.220. The van der Waals surface area contributed by atoms with Crippen molar-refractivity contribution in [3.8, 4) is 11.5 Å². The topological polar surface area (TPSA) is 90.5 Å². The van der Waals surface area contributed by atoms with Crippen molar-refractivity contribution in [3.63, 3.8) is 0 Å². The molecular formula is C10H10N2O4. The summed E-state index contributed by atoms with van der Waals surface area (Å²) in [6.45, 7) is 0.758. The quantitative estimate of drug-likeness (QED) is 0.720. The Hall–Kier alpha value is -1.95. The van der Waals surface area contributed by atoms with Gasteiger partial charge in [-0.1, -0.05) is 0 Å². The fourth-order valence-electron chi connectivity index (χ4n) is 1.70. The van der Waals surface area contributed by atoms with Crippen molar-refractivity contribution in [2.45, 2.75) is 6.10 Å². The fraction of sp³-hybridized carbons (Fsp3) is 0.300. The van der Waals surface area contributed by atoms with E-state index in [1.54, 1.807) is 12.1 Å². The minimum atomic E-state index is -0.512. The Morgan fingerprint density at radius 1 is 1.50 bits per heavy atom. The van der Waals surface area contributed by atoms with Crippen LogP contribution in [-0.4, -0.2) is 24.2 Å². The minimum absolute atomic E-state index is 0.210. The molecular weight excluding hydrogens is 212 g/mol. The first kappa shape index (κ1) is 9.29. The summed E-state index contributed by atoms with van der Waals surface area (Å²) in [7, 11) is 0. The Labute approximate surface area is 89.9 Å². The Bertz CT molecular complexity index is 586. The molecule has 3 N–H and O–H groups in total. The molecule has 16 heavy (non-hydrogen) atoms. The van der Waals surface area contributed by atoms with Crippen molar-refractivity contribution >= 4 is 11.1 Å². The molecule has 1 aromatic carbocycles. The molecule has 3 rings (SSSR count). The lowest BCUT2D eigenvalue weighted by Gasteiger charge is -2.25. The molecule has 1 atom stereocenters. The number of benzene rings is 1. The van der Waals surface area contributed by atoms with E-state index < -0.39 is 5.76 Å². The Morgan fingerprint density at radius 2 is 2.38 bits per heavy atom. The summed E-state index contributed by atoms with van der Waals surface area (Å²) in [6.07, 6.45) is -0.210. The molecule has 84 valence electrons. The van der Waals surface area contributed by atoms with E-state index in [1.165, 1.54) is 0 Å². The number of fused-ring (bicyclic) bond motifs is 3. The van der Waals surface area contributed by atoms with Crippen LogP contribution in [0, 0.1) is 0 Å². The zero-order valence-corrected chi connectivity index (χ0v) is 8.36. The normalized spacial score (nSPS) is 18.9. The van der Waals surface area contributed by atoms with Gasteiger partial charge >= 0.3 is 5.76 Å². The van der Waals surface area contributed by atoms with Gasteiger partial charge in [-0.2, -0.15) is 0 Å². The van der Waals surface area contributed by atoms with Gasteiger partial charge in [0.05, 0.1) is 5.52 Å². The zero-order valence-electron chi connectivity index (χ0n) is 8.36. The van der Waals surface area contributed by atoms with Crippen LogP contribution in [0.5, 0.6) is 11.5 Å². The van der Waals surface area contributed by atoms with Crippen molar-refractivity contribution in [1.29, 1.82) is 0 Å². The molecule has 1 unspecified atom stereocenters. The summed E-state index contributed by atoms with van der Waals surface area (Å²) in [5.74, 6) is 0.499. The van der Waals surface area contributed by atoms with E-state index in [-0.39, 0.29) is 6.10 Å². The average Bonchev–Trinajstić information content (AvgIpc) is 2.69. The van der Waals surface area contributed by atoms with Crippen LogP contribution in [0.15, 0.2) is 21.3 Å². The highest BCUT2D eigenvalue weighted by Gasteiger charge is 2.24. The van der Waals surface area contributed by atoms with E-state index >= 15 is 0 Å². The van der Waals surface area contributed by atoms with Crippen molar-refractivity contribution in [2.75, 3.05) is 13.2 Å². The Kier molecular flexibility index (Phi) is 1.90. The summed E-state index contributed by atoms with van der Waals surface area (Å²) < 4.78 is 16.1. The monoisotopic (exact) mass is 222 g/mol. The highest BCUT2D eigenvalue weighted by molar-refractivity contribution is 5.82. The third-order valence-corrected chi connectivity index (χ3v) is 2.48. The first-order chi connectivity index (χ1) is 7.78. The first-order valence-corrected chi connectivity index (χ1v) is 4.93. The van der Waals surface area contributed by atoms with Crippen LogP contribution >= 0.6 is 0 Å². The van der Waals surface area contributed by atoms with Crippen LogP contribution in [0.3, 0.4) is 0 Å². The van der Waals surface area contributed by atoms with Crippen molar-refractivity contribution in [3.05, 3.63) is 22.7 Å². The molecule has 6 heteroatoms. The Morgan fingerprint density at radius 3 is 3.19 bits per heavy atom. The molecule has 0 aliphatic carbocycles.